The molecule has 1 aromatic heterocycles. The Hall–Kier alpha value is -7.16. The lowest BCUT2D eigenvalue weighted by Gasteiger charge is -2.28. The lowest BCUT2D eigenvalue weighted by atomic mass is 9.95. The maximum absolute atomic E-state index is 6.24. The van der Waals surface area contributed by atoms with E-state index in [9.17, 15) is 0 Å². The molecule has 0 spiro atoms. The molecule has 0 saturated carbocycles. The van der Waals surface area contributed by atoms with Gasteiger partial charge in [-0.15, -0.1) is 0 Å². The zero-order chi connectivity index (χ0) is 35.8. The van der Waals surface area contributed by atoms with Crippen LogP contribution in [-0.4, -0.2) is 0 Å². The summed E-state index contributed by atoms with van der Waals surface area (Å²) in [6.07, 6.45) is 0. The van der Waals surface area contributed by atoms with Gasteiger partial charge in [0.1, 0.15) is 11.2 Å². The Labute approximate surface area is 314 Å². The van der Waals surface area contributed by atoms with Gasteiger partial charge in [0.25, 0.3) is 0 Å². The van der Waals surface area contributed by atoms with E-state index in [1.807, 2.05) is 12.1 Å². The Bertz CT molecular complexity index is 2930. The van der Waals surface area contributed by atoms with E-state index in [-0.39, 0.29) is 0 Å². The van der Waals surface area contributed by atoms with Crippen molar-refractivity contribution in [1.29, 1.82) is 0 Å². The number of benzene rings is 9. The van der Waals surface area contributed by atoms with Crippen LogP contribution in [0.2, 0.25) is 0 Å². The van der Waals surface area contributed by atoms with Crippen LogP contribution in [0.1, 0.15) is 0 Å². The van der Waals surface area contributed by atoms with Crippen LogP contribution < -0.4 is 4.90 Å². The van der Waals surface area contributed by atoms with E-state index in [4.69, 9.17) is 4.42 Å². The van der Waals surface area contributed by atoms with Crippen molar-refractivity contribution in [1.82, 2.24) is 0 Å². The summed E-state index contributed by atoms with van der Waals surface area (Å²) in [5.74, 6) is 0. The zero-order valence-corrected chi connectivity index (χ0v) is 29.6. The van der Waals surface area contributed by atoms with Gasteiger partial charge in [-0.2, -0.15) is 0 Å². The van der Waals surface area contributed by atoms with Crippen LogP contribution in [0.5, 0.6) is 0 Å². The number of nitrogens with zero attached hydrogens (tertiary/aromatic N) is 1. The molecule has 0 aliphatic carbocycles. The molecule has 0 unspecified atom stereocenters. The summed E-state index contributed by atoms with van der Waals surface area (Å²) in [4.78, 5) is 2.38. The smallest absolute Gasteiger partial charge is 0.136 e. The second-order valence-corrected chi connectivity index (χ2v) is 13.7. The van der Waals surface area contributed by atoms with Crippen molar-refractivity contribution in [3.05, 3.63) is 212 Å². The maximum Gasteiger partial charge on any atom is 0.136 e. The Morgan fingerprint density at radius 3 is 1.78 bits per heavy atom. The maximum atomic E-state index is 6.24. The lowest BCUT2D eigenvalue weighted by Crippen LogP contribution is -2.11. The topological polar surface area (TPSA) is 16.4 Å². The van der Waals surface area contributed by atoms with Gasteiger partial charge in [0.05, 0.1) is 5.69 Å². The third-order valence-electron chi connectivity index (χ3n) is 10.5. The molecule has 2 nitrogen and oxygen atoms in total. The molecule has 10 aromatic rings. The number of rotatable bonds is 7. The third-order valence-corrected chi connectivity index (χ3v) is 10.5. The van der Waals surface area contributed by atoms with Crippen molar-refractivity contribution in [2.24, 2.45) is 0 Å². The van der Waals surface area contributed by atoms with Gasteiger partial charge in [0.15, 0.2) is 0 Å². The van der Waals surface area contributed by atoms with E-state index in [1.54, 1.807) is 0 Å². The standard InChI is InChI=1S/C52H35NO/c1-2-13-38(14-3-1)47-22-6-8-25-50(47)53(43-30-27-36(28-31-43)41-29-32-49-48-23-7-9-26-51(48)54-52(49)35-41)44-20-11-18-40(34-44)39-17-10-19-42(33-39)46-24-12-16-37-15-4-5-21-45(37)46/h1-35H. The fourth-order valence-corrected chi connectivity index (χ4v) is 7.83. The molecule has 2 heteroatoms. The molecular weight excluding hydrogens is 655 g/mol. The van der Waals surface area contributed by atoms with E-state index < -0.39 is 0 Å². The van der Waals surface area contributed by atoms with Gasteiger partial charge in [-0.25, -0.2) is 0 Å². The SMILES string of the molecule is c1ccc(-c2ccccc2N(c2ccc(-c3ccc4c(c3)oc3ccccc34)cc2)c2cccc(-c3cccc(-c4cccc5ccccc45)c3)c2)cc1. The van der Waals surface area contributed by atoms with Gasteiger partial charge in [-0.1, -0.05) is 158 Å². The van der Waals surface area contributed by atoms with Gasteiger partial charge in [-0.05, 0) is 104 Å². The van der Waals surface area contributed by atoms with Crippen LogP contribution in [0.25, 0.3) is 77.2 Å². The largest absolute Gasteiger partial charge is 0.456 e. The van der Waals surface area contributed by atoms with Crippen LogP contribution in [-0.2, 0) is 0 Å². The molecule has 1 heterocycles. The molecular formula is C52H35NO. The molecule has 0 bridgehead atoms. The first-order valence-corrected chi connectivity index (χ1v) is 18.4. The van der Waals surface area contributed by atoms with Crippen molar-refractivity contribution < 1.29 is 4.42 Å². The van der Waals surface area contributed by atoms with E-state index in [2.05, 4.69) is 205 Å². The first-order valence-electron chi connectivity index (χ1n) is 18.4. The normalized spacial score (nSPS) is 11.3. The summed E-state index contributed by atoms with van der Waals surface area (Å²) in [6, 6.07) is 76.0. The predicted octanol–water partition coefficient (Wildman–Crippen LogP) is 14.9. The molecule has 0 N–H and O–H groups in total. The molecule has 254 valence electrons. The van der Waals surface area contributed by atoms with E-state index in [0.29, 0.717) is 0 Å². The van der Waals surface area contributed by atoms with Gasteiger partial charge >= 0.3 is 0 Å². The van der Waals surface area contributed by atoms with Crippen molar-refractivity contribution in [2.75, 3.05) is 4.90 Å². The molecule has 0 atom stereocenters. The van der Waals surface area contributed by atoms with Crippen LogP contribution >= 0.6 is 0 Å². The van der Waals surface area contributed by atoms with Crippen LogP contribution in [0.15, 0.2) is 217 Å². The summed E-state index contributed by atoms with van der Waals surface area (Å²) in [6.45, 7) is 0. The second kappa shape index (κ2) is 13.4. The summed E-state index contributed by atoms with van der Waals surface area (Å²) in [7, 11) is 0. The molecule has 0 saturated heterocycles. The van der Waals surface area contributed by atoms with Gasteiger partial charge in [0.2, 0.25) is 0 Å². The number of para-hydroxylation sites is 2. The van der Waals surface area contributed by atoms with Gasteiger partial charge < -0.3 is 9.32 Å². The highest BCUT2D eigenvalue weighted by atomic mass is 16.3. The zero-order valence-electron chi connectivity index (χ0n) is 29.6. The number of hydrogen-bond donors (Lipinski definition) is 0. The molecule has 9 aromatic carbocycles. The van der Waals surface area contributed by atoms with Gasteiger partial charge in [-0.3, -0.25) is 0 Å². The Kier molecular flexibility index (Phi) is 7.85. The minimum Gasteiger partial charge on any atom is -0.456 e. The quantitative estimate of drug-likeness (QED) is 0.166. The average molecular weight is 690 g/mol. The molecule has 0 aliphatic heterocycles. The summed E-state index contributed by atoms with van der Waals surface area (Å²) >= 11 is 0. The molecule has 0 radical (unpaired) electrons. The minimum absolute atomic E-state index is 0.900. The molecule has 10 rings (SSSR count). The number of anilines is 3. The number of furan rings is 1. The Morgan fingerprint density at radius 1 is 0.296 bits per heavy atom. The summed E-state index contributed by atoms with van der Waals surface area (Å²) in [5, 5.41) is 4.79. The highest BCUT2D eigenvalue weighted by Crippen LogP contribution is 2.43. The molecule has 54 heavy (non-hydrogen) atoms. The Morgan fingerprint density at radius 2 is 0.889 bits per heavy atom. The van der Waals surface area contributed by atoms with Crippen LogP contribution in [0.3, 0.4) is 0 Å². The fourth-order valence-electron chi connectivity index (χ4n) is 7.83. The first kappa shape index (κ1) is 31.6. The van der Waals surface area contributed by atoms with Crippen molar-refractivity contribution in [2.45, 2.75) is 0 Å². The number of fused-ring (bicyclic) bond motifs is 4. The monoisotopic (exact) mass is 689 g/mol. The first-order chi connectivity index (χ1) is 26.8. The van der Waals surface area contributed by atoms with Gasteiger partial charge in [0, 0.05) is 27.7 Å². The molecule has 0 amide bonds. The van der Waals surface area contributed by atoms with Crippen LogP contribution in [0, 0.1) is 0 Å². The third kappa shape index (κ3) is 5.71. The average Bonchev–Trinajstić information content (AvgIpc) is 3.62. The highest BCUT2D eigenvalue weighted by Gasteiger charge is 2.18. The Balaban J connectivity index is 1.08. The van der Waals surface area contributed by atoms with Crippen molar-refractivity contribution in [3.8, 4) is 44.5 Å². The van der Waals surface area contributed by atoms with Crippen molar-refractivity contribution >= 4 is 49.8 Å². The summed E-state index contributed by atoms with van der Waals surface area (Å²) < 4.78 is 6.24. The molecule has 0 aliphatic rings. The predicted molar refractivity (Wildman–Crippen MR) is 228 cm³/mol. The van der Waals surface area contributed by atoms with Crippen LogP contribution in [0.4, 0.5) is 17.1 Å². The highest BCUT2D eigenvalue weighted by molar-refractivity contribution is 6.06. The number of hydrogen-bond acceptors (Lipinski definition) is 2. The van der Waals surface area contributed by atoms with E-state index in [1.165, 1.54) is 38.6 Å². The molecule has 0 fully saturated rings. The minimum atomic E-state index is 0.900. The lowest BCUT2D eigenvalue weighted by molar-refractivity contribution is 0.669. The fraction of sp³-hybridized carbons (Fsp3) is 0. The van der Waals surface area contributed by atoms with Crippen molar-refractivity contribution in [3.63, 3.8) is 0 Å². The van der Waals surface area contributed by atoms with E-state index >= 15 is 0 Å². The van der Waals surface area contributed by atoms with E-state index in [0.717, 1.165) is 55.7 Å². The summed E-state index contributed by atoms with van der Waals surface area (Å²) in [5.41, 5.74) is 14.5. The second-order valence-electron chi connectivity index (χ2n) is 13.7.